The lowest BCUT2D eigenvalue weighted by atomic mass is 9.86. The minimum absolute atomic E-state index is 0.119. The van der Waals surface area contributed by atoms with Crippen LogP contribution in [0.4, 0.5) is 8.78 Å². The molecule has 0 radical (unpaired) electrons. The van der Waals surface area contributed by atoms with E-state index in [1.165, 1.54) is 0 Å². The molecule has 80 valence electrons. The molecule has 1 unspecified atom stereocenters. The summed E-state index contributed by atoms with van der Waals surface area (Å²) in [6, 6.07) is -0.235. The summed E-state index contributed by atoms with van der Waals surface area (Å²) in [6.07, 6.45) is 0.556. The molecule has 2 aliphatic rings. The van der Waals surface area contributed by atoms with E-state index in [0.717, 1.165) is 0 Å². The fraction of sp³-hybridized carbons (Fsp3) is 0.900. The van der Waals surface area contributed by atoms with Gasteiger partial charge in [-0.05, 0) is 13.8 Å². The predicted molar refractivity (Wildman–Crippen MR) is 48.4 cm³/mol. The Kier molecular flexibility index (Phi) is 1.97. The molecule has 4 heteroatoms. The first-order valence-electron chi connectivity index (χ1n) is 4.96. The Morgan fingerprint density at radius 3 is 2.71 bits per heavy atom. The summed E-state index contributed by atoms with van der Waals surface area (Å²) >= 11 is 0. The van der Waals surface area contributed by atoms with Gasteiger partial charge in [0.1, 0.15) is 5.78 Å². The van der Waals surface area contributed by atoms with Gasteiger partial charge in [-0.15, -0.1) is 0 Å². The number of piperidine rings is 1. The van der Waals surface area contributed by atoms with Crippen LogP contribution in [0.1, 0.15) is 33.1 Å². The average Bonchev–Trinajstić information content (AvgIpc) is 2.22. The van der Waals surface area contributed by atoms with Gasteiger partial charge < -0.3 is 0 Å². The average molecular weight is 203 g/mol. The maximum Gasteiger partial charge on any atom is 0.262 e. The minimum Gasteiger partial charge on any atom is -0.300 e. The van der Waals surface area contributed by atoms with Crippen molar-refractivity contribution in [1.82, 2.24) is 4.90 Å². The monoisotopic (exact) mass is 203 g/mol. The highest BCUT2D eigenvalue weighted by Crippen LogP contribution is 2.42. The maximum absolute atomic E-state index is 13.2. The standard InChI is InChI=1S/C10H15F2NO/c1-9(2)5-8(14)3-7-4-10(11,12)6-13(7)9/h7H,3-6H2,1-2H3. The quantitative estimate of drug-likeness (QED) is 0.598. The molecule has 2 nitrogen and oxygen atoms in total. The molecule has 14 heavy (non-hydrogen) atoms. The van der Waals surface area contributed by atoms with Gasteiger partial charge in [-0.2, -0.15) is 0 Å². The van der Waals surface area contributed by atoms with Crippen LogP contribution in [-0.4, -0.2) is 34.7 Å². The molecule has 0 aromatic carbocycles. The Bertz CT molecular complexity index is 275. The Morgan fingerprint density at radius 2 is 2.07 bits per heavy atom. The van der Waals surface area contributed by atoms with E-state index in [1.54, 1.807) is 4.90 Å². The Labute approximate surface area is 82.3 Å². The summed E-state index contributed by atoms with van der Waals surface area (Å²) in [6.45, 7) is 3.56. The second-order valence-corrected chi connectivity index (χ2v) is 5.07. The number of fused-ring (bicyclic) bond motifs is 1. The van der Waals surface area contributed by atoms with Gasteiger partial charge in [0.25, 0.3) is 5.92 Å². The molecule has 2 aliphatic heterocycles. The molecule has 0 aromatic rings. The van der Waals surface area contributed by atoms with Gasteiger partial charge >= 0.3 is 0 Å². The lowest BCUT2D eigenvalue weighted by Gasteiger charge is -2.42. The third-order valence-corrected chi connectivity index (χ3v) is 3.25. The van der Waals surface area contributed by atoms with Crippen LogP contribution >= 0.6 is 0 Å². The summed E-state index contributed by atoms with van der Waals surface area (Å²) in [7, 11) is 0. The smallest absolute Gasteiger partial charge is 0.262 e. The molecule has 2 saturated heterocycles. The second kappa shape index (κ2) is 2.75. The number of nitrogens with zero attached hydrogens (tertiary/aromatic N) is 1. The first-order chi connectivity index (χ1) is 6.30. The highest BCUT2D eigenvalue weighted by molar-refractivity contribution is 5.81. The molecule has 0 spiro atoms. The Hall–Kier alpha value is -0.510. The number of Topliss-reactive ketones (excluding diaryl/α,β-unsaturated/α-hetero) is 1. The number of alkyl halides is 2. The van der Waals surface area contributed by atoms with Crippen LogP contribution in [-0.2, 0) is 4.79 Å². The number of halogens is 2. The van der Waals surface area contributed by atoms with Gasteiger partial charge in [-0.3, -0.25) is 9.69 Å². The molecular formula is C10H15F2NO. The van der Waals surface area contributed by atoms with Crippen LogP contribution in [0.5, 0.6) is 0 Å². The van der Waals surface area contributed by atoms with Crippen molar-refractivity contribution in [2.75, 3.05) is 6.54 Å². The van der Waals surface area contributed by atoms with Crippen molar-refractivity contribution in [3.8, 4) is 0 Å². The molecule has 2 heterocycles. The van der Waals surface area contributed by atoms with E-state index in [1.807, 2.05) is 13.8 Å². The second-order valence-electron chi connectivity index (χ2n) is 5.07. The molecule has 2 fully saturated rings. The number of rotatable bonds is 0. The van der Waals surface area contributed by atoms with Crippen molar-refractivity contribution >= 4 is 5.78 Å². The van der Waals surface area contributed by atoms with Gasteiger partial charge in [0.15, 0.2) is 0 Å². The number of ketones is 1. The fourth-order valence-corrected chi connectivity index (χ4v) is 2.71. The first-order valence-corrected chi connectivity index (χ1v) is 4.96. The van der Waals surface area contributed by atoms with E-state index in [4.69, 9.17) is 0 Å². The van der Waals surface area contributed by atoms with E-state index < -0.39 is 5.92 Å². The van der Waals surface area contributed by atoms with Crippen LogP contribution in [0, 0.1) is 0 Å². The fourth-order valence-electron chi connectivity index (χ4n) is 2.71. The molecule has 0 saturated carbocycles. The maximum atomic E-state index is 13.2. The van der Waals surface area contributed by atoms with Crippen LogP contribution in [0.15, 0.2) is 0 Å². The predicted octanol–water partition coefficient (Wildman–Crippen LogP) is 1.84. The van der Waals surface area contributed by atoms with Crippen molar-refractivity contribution in [3.63, 3.8) is 0 Å². The van der Waals surface area contributed by atoms with Crippen LogP contribution in [0.25, 0.3) is 0 Å². The van der Waals surface area contributed by atoms with Gasteiger partial charge in [0.2, 0.25) is 0 Å². The van der Waals surface area contributed by atoms with Crippen molar-refractivity contribution in [2.45, 2.75) is 50.6 Å². The molecule has 0 aliphatic carbocycles. The van der Waals surface area contributed by atoms with E-state index in [9.17, 15) is 13.6 Å². The topological polar surface area (TPSA) is 20.3 Å². The number of hydrogen-bond donors (Lipinski definition) is 0. The van der Waals surface area contributed by atoms with Gasteiger partial charge in [0.05, 0.1) is 6.54 Å². The van der Waals surface area contributed by atoms with Crippen LogP contribution < -0.4 is 0 Å². The SMILES string of the molecule is CC1(C)CC(=O)CC2CC(F)(F)CN21. The number of hydrogen-bond acceptors (Lipinski definition) is 2. The summed E-state index contributed by atoms with van der Waals surface area (Å²) < 4.78 is 26.3. The van der Waals surface area contributed by atoms with Crippen LogP contribution in [0.2, 0.25) is 0 Å². The molecule has 0 N–H and O–H groups in total. The van der Waals surface area contributed by atoms with Crippen molar-refractivity contribution < 1.29 is 13.6 Å². The zero-order valence-electron chi connectivity index (χ0n) is 8.52. The van der Waals surface area contributed by atoms with Crippen molar-refractivity contribution in [3.05, 3.63) is 0 Å². The Morgan fingerprint density at radius 1 is 1.43 bits per heavy atom. The molecule has 0 aromatic heterocycles. The summed E-state index contributed by atoms with van der Waals surface area (Å²) in [5, 5.41) is 0. The van der Waals surface area contributed by atoms with E-state index in [2.05, 4.69) is 0 Å². The number of carbonyl (C=O) groups is 1. The van der Waals surface area contributed by atoms with E-state index in [0.29, 0.717) is 12.8 Å². The molecule has 2 rings (SSSR count). The first kappa shape index (κ1) is 10.0. The van der Waals surface area contributed by atoms with Gasteiger partial charge in [-0.25, -0.2) is 8.78 Å². The molecule has 1 atom stereocenters. The van der Waals surface area contributed by atoms with Crippen LogP contribution in [0.3, 0.4) is 0 Å². The third kappa shape index (κ3) is 1.56. The highest BCUT2D eigenvalue weighted by Gasteiger charge is 2.52. The lowest BCUT2D eigenvalue weighted by molar-refractivity contribution is -0.127. The largest absolute Gasteiger partial charge is 0.300 e. The van der Waals surface area contributed by atoms with E-state index in [-0.39, 0.29) is 30.3 Å². The zero-order chi connectivity index (χ0) is 10.6. The molecular weight excluding hydrogens is 188 g/mol. The van der Waals surface area contributed by atoms with Gasteiger partial charge in [-0.1, -0.05) is 0 Å². The third-order valence-electron chi connectivity index (χ3n) is 3.25. The zero-order valence-corrected chi connectivity index (χ0v) is 8.52. The molecule has 0 bridgehead atoms. The number of carbonyl (C=O) groups excluding carboxylic acids is 1. The van der Waals surface area contributed by atoms with E-state index >= 15 is 0 Å². The lowest BCUT2D eigenvalue weighted by Crippen LogP contribution is -2.53. The normalized spacial score (nSPS) is 35.7. The minimum atomic E-state index is -2.60. The summed E-state index contributed by atoms with van der Waals surface area (Å²) in [5.41, 5.74) is -0.389. The highest BCUT2D eigenvalue weighted by atomic mass is 19.3. The summed E-state index contributed by atoms with van der Waals surface area (Å²) in [5.74, 6) is -2.49. The molecule has 0 amide bonds. The Balaban J connectivity index is 2.24. The van der Waals surface area contributed by atoms with Crippen molar-refractivity contribution in [2.24, 2.45) is 0 Å². The van der Waals surface area contributed by atoms with Gasteiger partial charge in [0, 0.05) is 30.8 Å². The van der Waals surface area contributed by atoms with Crippen molar-refractivity contribution in [1.29, 1.82) is 0 Å². The summed E-state index contributed by atoms with van der Waals surface area (Å²) in [4.78, 5) is 13.2.